The number of rotatable bonds is 6. The Balaban J connectivity index is 2.83. The molecule has 0 aliphatic carbocycles. The van der Waals surface area contributed by atoms with Crippen LogP contribution in [0.25, 0.3) is 0 Å². The van der Waals surface area contributed by atoms with Crippen LogP contribution in [0.3, 0.4) is 0 Å². The zero-order chi connectivity index (χ0) is 14.5. The Labute approximate surface area is 111 Å². The molecule has 0 aromatic heterocycles. The Bertz CT molecular complexity index is 424. The number of hydrogen-bond acceptors (Lipinski definition) is 5. The van der Waals surface area contributed by atoms with Gasteiger partial charge < -0.3 is 26.4 Å². The smallest absolute Gasteiger partial charge is 0.227 e. The SMILES string of the molecule is CC(C(=O)NC(CO)(CO)CO)c1cccc(N)c1. The minimum atomic E-state index is -1.41. The van der Waals surface area contributed by atoms with Gasteiger partial charge in [0.2, 0.25) is 5.91 Å². The zero-order valence-electron chi connectivity index (χ0n) is 10.8. The lowest BCUT2D eigenvalue weighted by Crippen LogP contribution is -2.57. The van der Waals surface area contributed by atoms with Crippen molar-refractivity contribution >= 4 is 11.6 Å². The topological polar surface area (TPSA) is 116 Å². The summed E-state index contributed by atoms with van der Waals surface area (Å²) in [6, 6.07) is 6.90. The van der Waals surface area contributed by atoms with Gasteiger partial charge in [0.1, 0.15) is 5.54 Å². The van der Waals surface area contributed by atoms with Crippen LogP contribution in [0.15, 0.2) is 24.3 Å². The number of carbonyl (C=O) groups is 1. The Morgan fingerprint density at radius 1 is 1.32 bits per heavy atom. The molecular weight excluding hydrogens is 248 g/mol. The predicted octanol–water partition coefficient (Wildman–Crippen LogP) is -0.796. The molecule has 0 heterocycles. The third-order valence-corrected chi connectivity index (χ3v) is 3.10. The summed E-state index contributed by atoms with van der Waals surface area (Å²) in [4.78, 5) is 12.1. The van der Waals surface area contributed by atoms with Crippen molar-refractivity contribution in [1.29, 1.82) is 0 Å². The molecule has 6 nitrogen and oxygen atoms in total. The van der Waals surface area contributed by atoms with Gasteiger partial charge in [0.15, 0.2) is 0 Å². The summed E-state index contributed by atoms with van der Waals surface area (Å²) in [6.07, 6.45) is 0. The molecule has 1 unspecified atom stereocenters. The van der Waals surface area contributed by atoms with Crippen molar-refractivity contribution in [3.05, 3.63) is 29.8 Å². The number of anilines is 1. The predicted molar refractivity (Wildman–Crippen MR) is 71.4 cm³/mol. The molecule has 6 heteroatoms. The fourth-order valence-corrected chi connectivity index (χ4v) is 1.62. The minimum absolute atomic E-state index is 0.400. The maximum atomic E-state index is 12.1. The Morgan fingerprint density at radius 2 is 1.89 bits per heavy atom. The maximum Gasteiger partial charge on any atom is 0.227 e. The normalized spacial score (nSPS) is 13.1. The van der Waals surface area contributed by atoms with Crippen LogP contribution in [0.4, 0.5) is 5.69 Å². The molecule has 0 aliphatic heterocycles. The average Bonchev–Trinajstić information content (AvgIpc) is 2.44. The van der Waals surface area contributed by atoms with Crippen molar-refractivity contribution < 1.29 is 20.1 Å². The van der Waals surface area contributed by atoms with Gasteiger partial charge in [0, 0.05) is 5.69 Å². The first-order chi connectivity index (χ1) is 8.98. The van der Waals surface area contributed by atoms with Gasteiger partial charge in [-0.15, -0.1) is 0 Å². The van der Waals surface area contributed by atoms with Crippen LogP contribution in [0.1, 0.15) is 18.4 Å². The van der Waals surface area contributed by atoms with Crippen LogP contribution in [0, 0.1) is 0 Å². The first-order valence-corrected chi connectivity index (χ1v) is 5.98. The second-order valence-electron chi connectivity index (χ2n) is 4.64. The second-order valence-corrected chi connectivity index (χ2v) is 4.64. The minimum Gasteiger partial charge on any atom is -0.399 e. The summed E-state index contributed by atoms with van der Waals surface area (Å²) < 4.78 is 0. The van der Waals surface area contributed by atoms with E-state index < -0.39 is 37.2 Å². The molecule has 1 aromatic carbocycles. The van der Waals surface area contributed by atoms with Crippen molar-refractivity contribution in [2.24, 2.45) is 0 Å². The molecule has 6 N–H and O–H groups in total. The fraction of sp³-hybridized carbons (Fsp3) is 0.462. The van der Waals surface area contributed by atoms with Gasteiger partial charge in [-0.05, 0) is 24.6 Å². The number of nitrogens with one attached hydrogen (secondary N) is 1. The highest BCUT2D eigenvalue weighted by molar-refractivity contribution is 5.84. The molecular formula is C13H20N2O4. The largest absolute Gasteiger partial charge is 0.399 e. The number of aliphatic hydroxyl groups excluding tert-OH is 3. The van der Waals surface area contributed by atoms with Crippen LogP contribution >= 0.6 is 0 Å². The molecule has 106 valence electrons. The van der Waals surface area contributed by atoms with Crippen molar-refractivity contribution in [3.8, 4) is 0 Å². The molecule has 0 aliphatic rings. The fourth-order valence-electron chi connectivity index (χ4n) is 1.62. The molecule has 0 bridgehead atoms. The Hall–Kier alpha value is -1.63. The van der Waals surface area contributed by atoms with Crippen molar-refractivity contribution in [2.75, 3.05) is 25.6 Å². The van der Waals surface area contributed by atoms with Gasteiger partial charge in [0.25, 0.3) is 0 Å². The third kappa shape index (κ3) is 3.66. The zero-order valence-corrected chi connectivity index (χ0v) is 10.8. The van der Waals surface area contributed by atoms with E-state index in [1.165, 1.54) is 0 Å². The first kappa shape index (κ1) is 15.4. The van der Waals surface area contributed by atoms with Crippen LogP contribution in [-0.2, 0) is 4.79 Å². The maximum absolute atomic E-state index is 12.1. The van der Waals surface area contributed by atoms with Gasteiger partial charge in [-0.1, -0.05) is 12.1 Å². The highest BCUT2D eigenvalue weighted by atomic mass is 16.3. The van der Waals surface area contributed by atoms with E-state index in [9.17, 15) is 4.79 Å². The van der Waals surface area contributed by atoms with Crippen LogP contribution < -0.4 is 11.1 Å². The molecule has 1 rings (SSSR count). The summed E-state index contributed by atoms with van der Waals surface area (Å²) >= 11 is 0. The molecule has 1 amide bonds. The van der Waals surface area contributed by atoms with Crippen molar-refractivity contribution in [1.82, 2.24) is 5.32 Å². The molecule has 0 saturated carbocycles. The van der Waals surface area contributed by atoms with Crippen molar-refractivity contribution in [2.45, 2.75) is 18.4 Å². The molecule has 0 radical (unpaired) electrons. The average molecular weight is 268 g/mol. The van der Waals surface area contributed by atoms with E-state index in [1.807, 2.05) is 0 Å². The van der Waals surface area contributed by atoms with E-state index in [-0.39, 0.29) is 0 Å². The molecule has 1 aromatic rings. The van der Waals surface area contributed by atoms with E-state index >= 15 is 0 Å². The summed E-state index contributed by atoms with van der Waals surface area (Å²) in [5, 5.41) is 30.0. The highest BCUT2D eigenvalue weighted by Crippen LogP contribution is 2.19. The second kappa shape index (κ2) is 6.51. The third-order valence-electron chi connectivity index (χ3n) is 3.10. The lowest BCUT2D eigenvalue weighted by molar-refractivity contribution is -0.126. The van der Waals surface area contributed by atoms with Crippen LogP contribution in [-0.4, -0.2) is 46.6 Å². The summed E-state index contributed by atoms with van der Waals surface area (Å²) in [5.41, 5.74) is 5.51. The quantitative estimate of drug-likeness (QED) is 0.433. The monoisotopic (exact) mass is 268 g/mol. The standard InChI is InChI=1S/C13H20N2O4/c1-9(10-3-2-4-11(14)5-10)12(19)15-13(6-16,7-17)8-18/h2-5,9,16-18H,6-8,14H2,1H3,(H,15,19). The van der Waals surface area contributed by atoms with E-state index in [0.717, 1.165) is 5.56 Å². The van der Waals surface area contributed by atoms with E-state index in [2.05, 4.69) is 5.32 Å². The summed E-state index contributed by atoms with van der Waals surface area (Å²) in [7, 11) is 0. The van der Waals surface area contributed by atoms with Gasteiger partial charge in [-0.3, -0.25) is 4.79 Å². The molecule has 19 heavy (non-hydrogen) atoms. The number of nitrogens with two attached hydrogens (primary N) is 1. The Kier molecular flexibility index (Phi) is 5.29. The Morgan fingerprint density at radius 3 is 2.37 bits per heavy atom. The number of nitrogen functional groups attached to an aromatic ring is 1. The van der Waals surface area contributed by atoms with Gasteiger partial charge in [0.05, 0.1) is 25.7 Å². The van der Waals surface area contributed by atoms with Crippen LogP contribution in [0.5, 0.6) is 0 Å². The molecule has 0 spiro atoms. The number of hydrogen-bond donors (Lipinski definition) is 5. The number of amides is 1. The lowest BCUT2D eigenvalue weighted by Gasteiger charge is -2.30. The van der Waals surface area contributed by atoms with Gasteiger partial charge >= 0.3 is 0 Å². The van der Waals surface area contributed by atoms with Gasteiger partial charge in [-0.25, -0.2) is 0 Å². The van der Waals surface area contributed by atoms with Gasteiger partial charge in [-0.2, -0.15) is 0 Å². The summed E-state index contributed by atoms with van der Waals surface area (Å²) in [6.45, 7) is 0.0428. The van der Waals surface area contributed by atoms with E-state index in [4.69, 9.17) is 21.1 Å². The molecule has 0 saturated heterocycles. The number of carbonyl (C=O) groups excluding carboxylic acids is 1. The molecule has 0 fully saturated rings. The first-order valence-electron chi connectivity index (χ1n) is 5.98. The number of aliphatic hydroxyl groups is 3. The van der Waals surface area contributed by atoms with Crippen molar-refractivity contribution in [3.63, 3.8) is 0 Å². The highest BCUT2D eigenvalue weighted by Gasteiger charge is 2.31. The van der Waals surface area contributed by atoms with E-state index in [0.29, 0.717) is 5.69 Å². The van der Waals surface area contributed by atoms with E-state index in [1.54, 1.807) is 31.2 Å². The lowest BCUT2D eigenvalue weighted by atomic mass is 9.96. The van der Waals surface area contributed by atoms with Crippen LogP contribution in [0.2, 0.25) is 0 Å². The molecule has 1 atom stereocenters. The summed E-state index contributed by atoms with van der Waals surface area (Å²) in [5.74, 6) is -0.907. The number of benzene rings is 1.